The van der Waals surface area contributed by atoms with E-state index in [4.69, 9.17) is 21.1 Å². The van der Waals surface area contributed by atoms with E-state index in [0.717, 1.165) is 4.47 Å². The van der Waals surface area contributed by atoms with Crippen LogP contribution >= 0.6 is 27.5 Å². The van der Waals surface area contributed by atoms with Crippen LogP contribution in [0.15, 0.2) is 45.9 Å². The van der Waals surface area contributed by atoms with Gasteiger partial charge in [0, 0.05) is 10.5 Å². The number of benzene rings is 2. The quantitative estimate of drug-likeness (QED) is 0.641. The smallest absolute Gasteiger partial charge is 0.261 e. The summed E-state index contributed by atoms with van der Waals surface area (Å²) >= 11 is 9.43. The Kier molecular flexibility index (Phi) is 5.67. The van der Waals surface area contributed by atoms with Gasteiger partial charge in [-0.25, -0.2) is 4.98 Å². The zero-order valence-electron chi connectivity index (χ0n) is 14.5. The van der Waals surface area contributed by atoms with Crippen molar-refractivity contribution in [3.63, 3.8) is 0 Å². The molecule has 1 aromatic heterocycles. The molecular weight excluding hydrogens is 438 g/mol. The van der Waals surface area contributed by atoms with E-state index < -0.39 is 5.91 Å². The van der Waals surface area contributed by atoms with Crippen LogP contribution < -0.4 is 20.3 Å². The van der Waals surface area contributed by atoms with Gasteiger partial charge in [0.2, 0.25) is 5.91 Å². The van der Waals surface area contributed by atoms with Gasteiger partial charge in [0.1, 0.15) is 18.0 Å². The number of ether oxygens (including phenoxy) is 2. The summed E-state index contributed by atoms with van der Waals surface area (Å²) in [7, 11) is 2.95. The van der Waals surface area contributed by atoms with Crippen LogP contribution in [0.3, 0.4) is 0 Å². The number of rotatable bonds is 5. The molecule has 1 heterocycles. The highest BCUT2D eigenvalue weighted by Gasteiger charge is 2.14. The lowest BCUT2D eigenvalue weighted by molar-refractivity contribution is -0.116. The number of carbonyl (C=O) groups excluding carboxylic acids is 1. The zero-order chi connectivity index (χ0) is 19.6. The van der Waals surface area contributed by atoms with Gasteiger partial charge in [0.15, 0.2) is 0 Å². The monoisotopic (exact) mass is 451 g/mol. The average Bonchev–Trinajstić information content (AvgIpc) is 2.64. The Balaban J connectivity index is 1.86. The molecule has 0 spiro atoms. The van der Waals surface area contributed by atoms with Gasteiger partial charge >= 0.3 is 0 Å². The van der Waals surface area contributed by atoms with Gasteiger partial charge in [-0.2, -0.15) is 0 Å². The molecule has 0 radical (unpaired) electrons. The fourth-order valence-electron chi connectivity index (χ4n) is 2.55. The summed E-state index contributed by atoms with van der Waals surface area (Å²) in [6.07, 6.45) is 1.34. The van der Waals surface area contributed by atoms with Crippen LogP contribution in [0.25, 0.3) is 10.9 Å². The molecule has 0 aliphatic rings. The summed E-state index contributed by atoms with van der Waals surface area (Å²) < 4.78 is 12.4. The van der Waals surface area contributed by atoms with Crippen molar-refractivity contribution >= 4 is 50.0 Å². The second kappa shape index (κ2) is 7.98. The number of fused-ring (bicyclic) bond motifs is 1. The number of methoxy groups -OCH3 is 2. The fraction of sp³-hybridized carbons (Fsp3) is 0.167. The van der Waals surface area contributed by atoms with Crippen molar-refractivity contribution in [3.8, 4) is 11.5 Å². The largest absolute Gasteiger partial charge is 0.495 e. The molecule has 0 bridgehead atoms. The van der Waals surface area contributed by atoms with Gasteiger partial charge in [0.05, 0.1) is 42.2 Å². The summed E-state index contributed by atoms with van der Waals surface area (Å²) in [6.45, 7) is -0.207. The van der Waals surface area contributed by atoms with E-state index in [1.54, 1.807) is 24.3 Å². The average molecular weight is 453 g/mol. The first-order chi connectivity index (χ1) is 12.9. The number of anilines is 1. The highest BCUT2D eigenvalue weighted by molar-refractivity contribution is 9.10. The number of hydrogen-bond donors (Lipinski definition) is 1. The van der Waals surface area contributed by atoms with Crippen LogP contribution in [-0.2, 0) is 11.3 Å². The van der Waals surface area contributed by atoms with E-state index in [1.807, 2.05) is 0 Å². The predicted molar refractivity (Wildman–Crippen MR) is 107 cm³/mol. The third-order valence-electron chi connectivity index (χ3n) is 3.85. The topological polar surface area (TPSA) is 82.4 Å². The first-order valence-electron chi connectivity index (χ1n) is 7.79. The molecule has 0 saturated heterocycles. The zero-order valence-corrected chi connectivity index (χ0v) is 16.8. The van der Waals surface area contributed by atoms with E-state index in [1.165, 1.54) is 31.2 Å². The number of amides is 1. The van der Waals surface area contributed by atoms with Crippen molar-refractivity contribution in [1.29, 1.82) is 0 Å². The SMILES string of the molecule is COc1cc(OC)c(NC(=O)Cn2cnc3ccc(Br)cc3c2=O)cc1Cl. The normalized spacial score (nSPS) is 10.7. The highest BCUT2D eigenvalue weighted by Crippen LogP contribution is 2.35. The van der Waals surface area contributed by atoms with E-state index in [0.29, 0.717) is 33.1 Å². The standard InChI is InChI=1S/C18H15BrClN3O4/c1-26-15-7-16(27-2)14(6-12(15)20)22-17(24)8-23-9-21-13-4-3-10(19)5-11(13)18(23)25/h3-7,9H,8H2,1-2H3,(H,22,24). The van der Waals surface area contributed by atoms with Crippen LogP contribution in [-0.4, -0.2) is 29.7 Å². The summed E-state index contributed by atoms with van der Waals surface area (Å²) in [5, 5.41) is 3.43. The van der Waals surface area contributed by atoms with Crippen LogP contribution in [0.5, 0.6) is 11.5 Å². The molecule has 1 N–H and O–H groups in total. The molecule has 0 fully saturated rings. The molecule has 27 heavy (non-hydrogen) atoms. The first-order valence-corrected chi connectivity index (χ1v) is 8.96. The maximum atomic E-state index is 12.6. The number of halogens is 2. The second-order valence-electron chi connectivity index (χ2n) is 5.57. The predicted octanol–water partition coefficient (Wildman–Crippen LogP) is 3.47. The van der Waals surface area contributed by atoms with Gasteiger partial charge in [-0.15, -0.1) is 0 Å². The van der Waals surface area contributed by atoms with Crippen molar-refractivity contribution in [3.05, 3.63) is 56.5 Å². The van der Waals surface area contributed by atoms with Crippen LogP contribution in [0.2, 0.25) is 5.02 Å². The number of hydrogen-bond acceptors (Lipinski definition) is 5. The molecule has 2 aromatic carbocycles. The highest BCUT2D eigenvalue weighted by atomic mass is 79.9. The molecule has 1 amide bonds. The van der Waals surface area contributed by atoms with Crippen LogP contribution in [0.1, 0.15) is 0 Å². The summed E-state index contributed by atoms with van der Waals surface area (Å²) in [5.74, 6) is 0.386. The molecule has 3 rings (SSSR count). The van der Waals surface area contributed by atoms with Crippen LogP contribution in [0, 0.1) is 0 Å². The number of nitrogens with one attached hydrogen (secondary N) is 1. The molecule has 140 valence electrons. The lowest BCUT2D eigenvalue weighted by atomic mass is 10.2. The second-order valence-corrected chi connectivity index (χ2v) is 6.90. The molecule has 0 aliphatic carbocycles. The van der Waals surface area contributed by atoms with Gasteiger partial charge in [-0.3, -0.25) is 14.2 Å². The fourth-order valence-corrected chi connectivity index (χ4v) is 3.15. The molecule has 0 atom stereocenters. The number of aromatic nitrogens is 2. The third-order valence-corrected chi connectivity index (χ3v) is 4.64. The van der Waals surface area contributed by atoms with Gasteiger partial charge in [0.25, 0.3) is 5.56 Å². The molecule has 0 saturated carbocycles. The summed E-state index contributed by atoms with van der Waals surface area (Å²) in [4.78, 5) is 29.2. The Labute approximate surface area is 168 Å². The summed E-state index contributed by atoms with van der Waals surface area (Å²) in [5.41, 5.74) is 0.623. The van der Waals surface area contributed by atoms with Gasteiger partial charge in [-0.05, 0) is 24.3 Å². The molecule has 0 unspecified atom stereocenters. The van der Waals surface area contributed by atoms with Crippen molar-refractivity contribution in [1.82, 2.24) is 9.55 Å². The van der Waals surface area contributed by atoms with Gasteiger partial charge < -0.3 is 14.8 Å². The molecule has 3 aromatic rings. The van der Waals surface area contributed by atoms with Crippen molar-refractivity contribution in [2.45, 2.75) is 6.54 Å². The maximum absolute atomic E-state index is 12.6. The summed E-state index contributed by atoms with van der Waals surface area (Å²) in [6, 6.07) is 8.29. The Bertz CT molecular complexity index is 1080. The van der Waals surface area contributed by atoms with E-state index in [2.05, 4.69) is 26.2 Å². The Hall–Kier alpha value is -2.58. The van der Waals surface area contributed by atoms with Gasteiger partial charge in [-0.1, -0.05) is 27.5 Å². The lowest BCUT2D eigenvalue weighted by Crippen LogP contribution is -2.28. The lowest BCUT2D eigenvalue weighted by Gasteiger charge is -2.13. The third kappa shape index (κ3) is 4.06. The first kappa shape index (κ1) is 19.2. The van der Waals surface area contributed by atoms with Crippen molar-refractivity contribution in [2.75, 3.05) is 19.5 Å². The Morgan fingerprint density at radius 3 is 2.67 bits per heavy atom. The van der Waals surface area contributed by atoms with E-state index in [9.17, 15) is 9.59 Å². The maximum Gasteiger partial charge on any atom is 0.261 e. The minimum absolute atomic E-state index is 0.207. The van der Waals surface area contributed by atoms with E-state index >= 15 is 0 Å². The molecule has 9 heteroatoms. The van der Waals surface area contributed by atoms with Crippen molar-refractivity contribution in [2.24, 2.45) is 0 Å². The minimum Gasteiger partial charge on any atom is -0.495 e. The van der Waals surface area contributed by atoms with Crippen molar-refractivity contribution < 1.29 is 14.3 Å². The Morgan fingerprint density at radius 1 is 1.22 bits per heavy atom. The Morgan fingerprint density at radius 2 is 1.96 bits per heavy atom. The minimum atomic E-state index is -0.423. The molecular formula is C18H15BrClN3O4. The molecule has 0 aliphatic heterocycles. The van der Waals surface area contributed by atoms with Crippen LogP contribution in [0.4, 0.5) is 5.69 Å². The molecule has 7 nitrogen and oxygen atoms in total. The number of nitrogens with zero attached hydrogens (tertiary/aromatic N) is 2. The van der Waals surface area contributed by atoms with E-state index in [-0.39, 0.29) is 12.1 Å². The number of carbonyl (C=O) groups is 1.